The second kappa shape index (κ2) is 8.54. The van der Waals surface area contributed by atoms with E-state index < -0.39 is 10.0 Å². The van der Waals surface area contributed by atoms with Crippen molar-refractivity contribution in [2.45, 2.75) is 37.6 Å². The Labute approximate surface area is 169 Å². The quantitative estimate of drug-likeness (QED) is 0.751. The van der Waals surface area contributed by atoms with Crippen LogP contribution >= 0.6 is 15.9 Å². The van der Waals surface area contributed by atoms with E-state index in [-0.39, 0.29) is 10.8 Å². The summed E-state index contributed by atoms with van der Waals surface area (Å²) in [4.78, 5) is 12.8. The molecule has 0 unspecified atom stereocenters. The van der Waals surface area contributed by atoms with Crippen molar-refractivity contribution < 1.29 is 13.2 Å². The number of halogens is 1. The Morgan fingerprint density at radius 2 is 1.85 bits per heavy atom. The molecule has 1 heterocycles. The minimum Gasteiger partial charge on any atom is -0.348 e. The fraction of sp³-hybridized carbons (Fsp3) is 0.350. The van der Waals surface area contributed by atoms with E-state index >= 15 is 0 Å². The Kier molecular flexibility index (Phi) is 6.34. The zero-order valence-corrected chi connectivity index (χ0v) is 17.6. The van der Waals surface area contributed by atoms with Gasteiger partial charge in [0.1, 0.15) is 0 Å². The van der Waals surface area contributed by atoms with Crippen LogP contribution in [0.25, 0.3) is 0 Å². The SMILES string of the molecule is Cc1ccc(S(=O)(=O)N2CCCCC2)cc1C(=O)NCc1cccc(Br)c1. The van der Waals surface area contributed by atoms with Gasteiger partial charge in [-0.05, 0) is 55.2 Å². The summed E-state index contributed by atoms with van der Waals surface area (Å²) in [7, 11) is -3.56. The first-order valence-electron chi connectivity index (χ1n) is 9.01. The third-order valence-corrected chi connectivity index (χ3v) is 7.14. The van der Waals surface area contributed by atoms with Gasteiger partial charge in [0.2, 0.25) is 10.0 Å². The highest BCUT2D eigenvalue weighted by Crippen LogP contribution is 2.23. The lowest BCUT2D eigenvalue weighted by molar-refractivity contribution is 0.0950. The number of aryl methyl sites for hydroxylation is 1. The number of carbonyl (C=O) groups is 1. The number of nitrogens with zero attached hydrogens (tertiary/aromatic N) is 1. The van der Waals surface area contributed by atoms with Gasteiger partial charge < -0.3 is 5.32 Å². The van der Waals surface area contributed by atoms with E-state index in [9.17, 15) is 13.2 Å². The lowest BCUT2D eigenvalue weighted by atomic mass is 10.1. The van der Waals surface area contributed by atoms with Crippen LogP contribution in [-0.2, 0) is 16.6 Å². The Morgan fingerprint density at radius 3 is 2.56 bits per heavy atom. The predicted molar refractivity (Wildman–Crippen MR) is 109 cm³/mol. The highest BCUT2D eigenvalue weighted by molar-refractivity contribution is 9.10. The van der Waals surface area contributed by atoms with Crippen molar-refractivity contribution >= 4 is 31.9 Å². The van der Waals surface area contributed by atoms with Crippen LogP contribution in [0, 0.1) is 6.92 Å². The minimum absolute atomic E-state index is 0.183. The number of piperidine rings is 1. The zero-order chi connectivity index (χ0) is 19.4. The van der Waals surface area contributed by atoms with E-state index in [1.807, 2.05) is 31.2 Å². The van der Waals surface area contributed by atoms with Crippen LogP contribution in [0.5, 0.6) is 0 Å². The number of hydrogen-bond acceptors (Lipinski definition) is 3. The second-order valence-electron chi connectivity index (χ2n) is 6.75. The summed E-state index contributed by atoms with van der Waals surface area (Å²) in [5.41, 5.74) is 2.11. The van der Waals surface area contributed by atoms with E-state index in [4.69, 9.17) is 0 Å². The largest absolute Gasteiger partial charge is 0.348 e. The molecule has 2 aromatic rings. The summed E-state index contributed by atoms with van der Waals surface area (Å²) < 4.78 is 28.2. The fourth-order valence-electron chi connectivity index (χ4n) is 3.19. The Balaban J connectivity index is 1.79. The van der Waals surface area contributed by atoms with Gasteiger partial charge in [-0.2, -0.15) is 4.31 Å². The molecular weight excluding hydrogens is 428 g/mol. The molecule has 0 atom stereocenters. The minimum atomic E-state index is -3.56. The van der Waals surface area contributed by atoms with Crippen LogP contribution in [0.1, 0.15) is 40.7 Å². The molecule has 5 nitrogen and oxygen atoms in total. The van der Waals surface area contributed by atoms with Crippen LogP contribution < -0.4 is 5.32 Å². The van der Waals surface area contributed by atoms with Gasteiger partial charge >= 0.3 is 0 Å². The first-order valence-corrected chi connectivity index (χ1v) is 11.2. The van der Waals surface area contributed by atoms with E-state index in [1.165, 1.54) is 10.4 Å². The molecule has 0 aromatic heterocycles. The molecule has 1 aliphatic heterocycles. The number of hydrogen-bond donors (Lipinski definition) is 1. The first-order chi connectivity index (χ1) is 12.9. The maximum atomic E-state index is 12.9. The summed E-state index contributed by atoms with van der Waals surface area (Å²) in [6.07, 6.45) is 2.82. The molecule has 0 radical (unpaired) electrons. The van der Waals surface area contributed by atoms with Gasteiger partial charge in [-0.1, -0.05) is 40.5 Å². The van der Waals surface area contributed by atoms with E-state index in [0.717, 1.165) is 34.9 Å². The van der Waals surface area contributed by atoms with Crippen molar-refractivity contribution in [2.24, 2.45) is 0 Å². The number of carbonyl (C=O) groups excluding carboxylic acids is 1. The standard InChI is InChI=1S/C20H23BrN2O3S/c1-15-8-9-18(27(25,26)23-10-3-2-4-11-23)13-19(15)20(24)22-14-16-6-5-7-17(21)12-16/h5-9,12-13H,2-4,10-11,14H2,1H3,(H,22,24). The van der Waals surface area contributed by atoms with Gasteiger partial charge in [0.15, 0.2) is 0 Å². The number of sulfonamides is 1. The summed E-state index contributed by atoms with van der Waals surface area (Å²) in [5.74, 6) is -0.275. The summed E-state index contributed by atoms with van der Waals surface area (Å²) >= 11 is 3.41. The maximum absolute atomic E-state index is 12.9. The van der Waals surface area contributed by atoms with Crippen LogP contribution in [0.3, 0.4) is 0 Å². The highest BCUT2D eigenvalue weighted by atomic mass is 79.9. The normalized spacial score (nSPS) is 15.5. The first kappa shape index (κ1) is 20.0. The third-order valence-electron chi connectivity index (χ3n) is 4.75. The fourth-order valence-corrected chi connectivity index (χ4v) is 5.18. The topological polar surface area (TPSA) is 66.5 Å². The van der Waals surface area contributed by atoms with Crippen LogP contribution in [0.2, 0.25) is 0 Å². The van der Waals surface area contributed by atoms with Gasteiger partial charge in [0.25, 0.3) is 5.91 Å². The van der Waals surface area contributed by atoms with Crippen molar-refractivity contribution in [1.29, 1.82) is 0 Å². The van der Waals surface area contributed by atoms with Crippen LogP contribution in [0.15, 0.2) is 51.8 Å². The van der Waals surface area contributed by atoms with Gasteiger partial charge in [-0.25, -0.2) is 8.42 Å². The number of rotatable bonds is 5. The maximum Gasteiger partial charge on any atom is 0.251 e. The van der Waals surface area contributed by atoms with Crippen molar-refractivity contribution in [3.63, 3.8) is 0 Å². The Bertz CT molecular complexity index is 938. The molecule has 2 aromatic carbocycles. The molecule has 1 saturated heterocycles. The zero-order valence-electron chi connectivity index (χ0n) is 15.2. The lowest BCUT2D eigenvalue weighted by Crippen LogP contribution is -2.35. The number of amides is 1. The average Bonchev–Trinajstić information content (AvgIpc) is 2.67. The molecule has 1 fully saturated rings. The van der Waals surface area contributed by atoms with Gasteiger partial charge in [0, 0.05) is 29.7 Å². The van der Waals surface area contributed by atoms with E-state index in [2.05, 4.69) is 21.2 Å². The predicted octanol–water partition coefficient (Wildman–Crippen LogP) is 3.86. The smallest absolute Gasteiger partial charge is 0.251 e. The molecule has 3 rings (SSSR count). The molecule has 0 aliphatic carbocycles. The highest BCUT2D eigenvalue weighted by Gasteiger charge is 2.27. The molecule has 1 N–H and O–H groups in total. The summed E-state index contributed by atoms with van der Waals surface area (Å²) in [5, 5.41) is 2.87. The Hall–Kier alpha value is -1.70. The Morgan fingerprint density at radius 1 is 1.11 bits per heavy atom. The van der Waals surface area contributed by atoms with Crippen LogP contribution in [-0.4, -0.2) is 31.7 Å². The summed E-state index contributed by atoms with van der Waals surface area (Å²) in [6, 6.07) is 12.5. The molecule has 0 saturated carbocycles. The monoisotopic (exact) mass is 450 g/mol. The number of nitrogens with one attached hydrogen (secondary N) is 1. The lowest BCUT2D eigenvalue weighted by Gasteiger charge is -2.26. The van der Waals surface area contributed by atoms with E-state index in [1.54, 1.807) is 12.1 Å². The molecule has 7 heteroatoms. The molecule has 0 bridgehead atoms. The van der Waals surface area contributed by atoms with Crippen molar-refractivity contribution in [3.05, 3.63) is 63.6 Å². The molecule has 27 heavy (non-hydrogen) atoms. The molecule has 1 amide bonds. The molecule has 0 spiro atoms. The third kappa shape index (κ3) is 4.78. The van der Waals surface area contributed by atoms with Crippen molar-refractivity contribution in [3.8, 4) is 0 Å². The van der Waals surface area contributed by atoms with Gasteiger partial charge in [-0.15, -0.1) is 0 Å². The number of benzene rings is 2. The van der Waals surface area contributed by atoms with Crippen molar-refractivity contribution in [2.75, 3.05) is 13.1 Å². The van der Waals surface area contributed by atoms with Crippen LogP contribution in [0.4, 0.5) is 0 Å². The van der Waals surface area contributed by atoms with E-state index in [0.29, 0.717) is 25.2 Å². The molecule has 1 aliphatic rings. The van der Waals surface area contributed by atoms with Crippen molar-refractivity contribution in [1.82, 2.24) is 9.62 Å². The second-order valence-corrected chi connectivity index (χ2v) is 9.61. The van der Waals surface area contributed by atoms with Gasteiger partial charge in [-0.3, -0.25) is 4.79 Å². The van der Waals surface area contributed by atoms with Gasteiger partial charge in [0.05, 0.1) is 4.90 Å². The summed E-state index contributed by atoms with van der Waals surface area (Å²) in [6.45, 7) is 3.27. The molecular formula is C20H23BrN2O3S. The average molecular weight is 451 g/mol. The molecule has 144 valence electrons.